The zero-order chi connectivity index (χ0) is 14.0. The van der Waals surface area contributed by atoms with Gasteiger partial charge in [-0.1, -0.05) is 37.9 Å². The highest BCUT2D eigenvalue weighted by atomic mass is 79.9. The fourth-order valence-electron chi connectivity index (χ4n) is 1.75. The summed E-state index contributed by atoms with van der Waals surface area (Å²) in [5, 5.41) is 2.90. The van der Waals surface area contributed by atoms with Gasteiger partial charge in [-0.3, -0.25) is 4.79 Å². The van der Waals surface area contributed by atoms with Crippen molar-refractivity contribution in [2.45, 2.75) is 13.8 Å². The molecule has 0 saturated heterocycles. The minimum absolute atomic E-state index is 0.113. The van der Waals surface area contributed by atoms with Gasteiger partial charge < -0.3 is 5.32 Å². The zero-order valence-electron chi connectivity index (χ0n) is 10.6. The first-order valence-corrected chi connectivity index (χ1v) is 7.39. The van der Waals surface area contributed by atoms with Gasteiger partial charge in [-0.25, -0.2) is 0 Å². The van der Waals surface area contributed by atoms with Gasteiger partial charge in [0.1, 0.15) is 0 Å². The second kappa shape index (κ2) is 5.88. The molecule has 0 spiro atoms. The van der Waals surface area contributed by atoms with Crippen molar-refractivity contribution in [1.29, 1.82) is 0 Å². The SMILES string of the molecule is Cc1cc(Br)cc(NC(=O)c2ccc(C)c(Br)c2)c1. The Morgan fingerprint density at radius 2 is 1.79 bits per heavy atom. The summed E-state index contributed by atoms with van der Waals surface area (Å²) in [6.07, 6.45) is 0. The average Bonchev–Trinajstić information content (AvgIpc) is 2.31. The lowest BCUT2D eigenvalue weighted by Crippen LogP contribution is -2.12. The lowest BCUT2D eigenvalue weighted by Gasteiger charge is -2.08. The number of carbonyl (C=O) groups excluding carboxylic acids is 1. The predicted octanol–water partition coefficient (Wildman–Crippen LogP) is 5.08. The van der Waals surface area contributed by atoms with E-state index in [1.165, 1.54) is 0 Å². The third-order valence-electron chi connectivity index (χ3n) is 2.73. The van der Waals surface area contributed by atoms with Crippen molar-refractivity contribution in [2.75, 3.05) is 5.32 Å². The molecule has 2 aromatic rings. The van der Waals surface area contributed by atoms with E-state index in [1.807, 2.05) is 50.2 Å². The van der Waals surface area contributed by atoms with E-state index in [-0.39, 0.29) is 5.91 Å². The molecule has 0 aliphatic heterocycles. The molecule has 2 aromatic carbocycles. The van der Waals surface area contributed by atoms with Crippen LogP contribution in [-0.2, 0) is 0 Å². The number of aryl methyl sites for hydroxylation is 2. The predicted molar refractivity (Wildman–Crippen MR) is 85.7 cm³/mol. The second-order valence-electron chi connectivity index (χ2n) is 4.44. The van der Waals surface area contributed by atoms with Crippen LogP contribution in [0.25, 0.3) is 0 Å². The molecule has 2 nitrogen and oxygen atoms in total. The average molecular weight is 383 g/mol. The van der Waals surface area contributed by atoms with Crippen molar-refractivity contribution in [3.8, 4) is 0 Å². The molecule has 0 heterocycles. The molecule has 98 valence electrons. The summed E-state index contributed by atoms with van der Waals surface area (Å²) in [7, 11) is 0. The lowest BCUT2D eigenvalue weighted by molar-refractivity contribution is 0.102. The first-order chi connectivity index (χ1) is 8.95. The number of amides is 1. The molecule has 0 fully saturated rings. The summed E-state index contributed by atoms with van der Waals surface area (Å²) in [5.41, 5.74) is 3.62. The van der Waals surface area contributed by atoms with Crippen LogP contribution in [0.4, 0.5) is 5.69 Å². The van der Waals surface area contributed by atoms with Crippen molar-refractivity contribution in [2.24, 2.45) is 0 Å². The number of hydrogen-bond acceptors (Lipinski definition) is 1. The van der Waals surface area contributed by atoms with Crippen molar-refractivity contribution < 1.29 is 4.79 Å². The van der Waals surface area contributed by atoms with Gasteiger partial charge in [0.2, 0.25) is 0 Å². The van der Waals surface area contributed by atoms with E-state index in [0.717, 1.165) is 25.8 Å². The molecule has 0 saturated carbocycles. The molecular weight excluding hydrogens is 370 g/mol. The van der Waals surface area contributed by atoms with Gasteiger partial charge in [0.05, 0.1) is 0 Å². The highest BCUT2D eigenvalue weighted by molar-refractivity contribution is 9.10. The van der Waals surface area contributed by atoms with Crippen LogP contribution >= 0.6 is 31.9 Å². The highest BCUT2D eigenvalue weighted by Gasteiger charge is 2.08. The second-order valence-corrected chi connectivity index (χ2v) is 6.21. The number of benzene rings is 2. The number of anilines is 1. The first kappa shape index (κ1) is 14.3. The molecule has 0 aromatic heterocycles. The Morgan fingerprint density at radius 3 is 2.42 bits per heavy atom. The third-order valence-corrected chi connectivity index (χ3v) is 4.05. The van der Waals surface area contributed by atoms with Crippen LogP contribution in [0.5, 0.6) is 0 Å². The minimum atomic E-state index is -0.113. The maximum Gasteiger partial charge on any atom is 0.255 e. The summed E-state index contributed by atoms with van der Waals surface area (Å²) < 4.78 is 1.89. The normalized spacial score (nSPS) is 10.3. The van der Waals surface area contributed by atoms with Crippen molar-refractivity contribution in [3.63, 3.8) is 0 Å². The van der Waals surface area contributed by atoms with E-state index in [9.17, 15) is 4.79 Å². The highest BCUT2D eigenvalue weighted by Crippen LogP contribution is 2.21. The molecule has 2 rings (SSSR count). The van der Waals surface area contributed by atoms with E-state index in [2.05, 4.69) is 37.2 Å². The standard InChI is InChI=1S/C15H13Br2NO/c1-9-5-12(16)8-13(6-9)18-15(19)11-4-3-10(2)14(17)7-11/h3-8H,1-2H3,(H,18,19). The molecule has 0 radical (unpaired) electrons. The molecule has 0 aliphatic rings. The molecule has 0 aliphatic carbocycles. The minimum Gasteiger partial charge on any atom is -0.322 e. The van der Waals surface area contributed by atoms with E-state index < -0.39 is 0 Å². The van der Waals surface area contributed by atoms with Gasteiger partial charge in [0, 0.05) is 20.2 Å². The Morgan fingerprint density at radius 1 is 1.05 bits per heavy atom. The van der Waals surface area contributed by atoms with Crippen molar-refractivity contribution in [1.82, 2.24) is 0 Å². The summed E-state index contributed by atoms with van der Waals surface area (Å²) in [4.78, 5) is 12.2. The Labute approximate surface area is 129 Å². The molecule has 19 heavy (non-hydrogen) atoms. The Hall–Kier alpha value is -1.13. The van der Waals surface area contributed by atoms with Gasteiger partial charge in [-0.15, -0.1) is 0 Å². The number of carbonyl (C=O) groups is 1. The van der Waals surface area contributed by atoms with Gasteiger partial charge in [-0.2, -0.15) is 0 Å². The Bertz CT molecular complexity index is 618. The van der Waals surface area contributed by atoms with Gasteiger partial charge in [-0.05, 0) is 55.3 Å². The topological polar surface area (TPSA) is 29.1 Å². The van der Waals surface area contributed by atoms with E-state index >= 15 is 0 Å². The summed E-state index contributed by atoms with van der Waals surface area (Å²) in [6.45, 7) is 3.98. The summed E-state index contributed by atoms with van der Waals surface area (Å²) in [5.74, 6) is -0.113. The number of halogens is 2. The van der Waals surface area contributed by atoms with Crippen LogP contribution in [0, 0.1) is 13.8 Å². The lowest BCUT2D eigenvalue weighted by atomic mass is 10.1. The molecular formula is C15H13Br2NO. The van der Waals surface area contributed by atoms with Crippen LogP contribution in [-0.4, -0.2) is 5.91 Å². The maximum absolute atomic E-state index is 12.2. The van der Waals surface area contributed by atoms with Gasteiger partial charge >= 0.3 is 0 Å². The van der Waals surface area contributed by atoms with E-state index in [4.69, 9.17) is 0 Å². The first-order valence-electron chi connectivity index (χ1n) is 5.80. The third kappa shape index (κ3) is 3.67. The largest absolute Gasteiger partial charge is 0.322 e. The van der Waals surface area contributed by atoms with Crippen LogP contribution in [0.3, 0.4) is 0 Å². The number of rotatable bonds is 2. The van der Waals surface area contributed by atoms with Crippen LogP contribution < -0.4 is 5.32 Å². The van der Waals surface area contributed by atoms with Crippen molar-refractivity contribution >= 4 is 43.5 Å². The molecule has 0 atom stereocenters. The molecule has 1 amide bonds. The van der Waals surface area contributed by atoms with Gasteiger partial charge in [0.25, 0.3) is 5.91 Å². The fourth-order valence-corrected chi connectivity index (χ4v) is 2.73. The summed E-state index contributed by atoms with van der Waals surface area (Å²) >= 11 is 6.86. The molecule has 4 heteroatoms. The smallest absolute Gasteiger partial charge is 0.255 e. The van der Waals surface area contributed by atoms with Crippen LogP contribution in [0.15, 0.2) is 45.3 Å². The Balaban J connectivity index is 2.22. The summed E-state index contributed by atoms with van der Waals surface area (Å²) in [6, 6.07) is 11.4. The monoisotopic (exact) mass is 381 g/mol. The molecule has 0 unspecified atom stereocenters. The van der Waals surface area contributed by atoms with Crippen LogP contribution in [0.2, 0.25) is 0 Å². The van der Waals surface area contributed by atoms with Crippen LogP contribution in [0.1, 0.15) is 21.5 Å². The molecule has 1 N–H and O–H groups in total. The maximum atomic E-state index is 12.2. The van der Waals surface area contributed by atoms with Gasteiger partial charge in [0.15, 0.2) is 0 Å². The van der Waals surface area contributed by atoms with Crippen molar-refractivity contribution in [3.05, 3.63) is 62.0 Å². The fraction of sp³-hybridized carbons (Fsp3) is 0.133. The zero-order valence-corrected chi connectivity index (χ0v) is 13.8. The molecule has 0 bridgehead atoms. The number of nitrogens with one attached hydrogen (secondary N) is 1. The van der Waals surface area contributed by atoms with E-state index in [1.54, 1.807) is 0 Å². The Kier molecular flexibility index (Phi) is 4.42. The number of hydrogen-bond donors (Lipinski definition) is 1. The quantitative estimate of drug-likeness (QED) is 0.770. The van der Waals surface area contributed by atoms with E-state index in [0.29, 0.717) is 5.56 Å².